The quantitative estimate of drug-likeness (QED) is 0.742. The summed E-state index contributed by atoms with van der Waals surface area (Å²) in [6.07, 6.45) is -4.04. The first kappa shape index (κ1) is 21.1. The third-order valence-electron chi connectivity index (χ3n) is 6.50. The van der Waals surface area contributed by atoms with E-state index in [-0.39, 0.29) is 53.9 Å². The molecule has 0 bridgehead atoms. The lowest BCUT2D eigenvalue weighted by atomic mass is 9.88. The van der Waals surface area contributed by atoms with Gasteiger partial charge in [-0.15, -0.1) is 0 Å². The molecular weight excluding hydrogens is 427 g/mol. The number of amides is 1. The molecule has 1 saturated heterocycles. The summed E-state index contributed by atoms with van der Waals surface area (Å²) in [5, 5.41) is 9.45. The number of likely N-dealkylation sites (tertiary alicyclic amines) is 1. The lowest BCUT2D eigenvalue weighted by molar-refractivity contribution is -0.200. The third kappa shape index (κ3) is 3.09. The molecule has 6 nitrogen and oxygen atoms in total. The smallest absolute Gasteiger partial charge is 0.403 e. The van der Waals surface area contributed by atoms with Crippen molar-refractivity contribution >= 4 is 23.5 Å². The zero-order valence-corrected chi connectivity index (χ0v) is 17.2. The maximum Gasteiger partial charge on any atom is 0.403 e. The Kier molecular flexibility index (Phi) is 4.69. The first-order valence-electron chi connectivity index (χ1n) is 9.70. The SMILES string of the molecule is Cc1c(C(=O)O)cc(Cl)c2c1OC(C)(C1CCN(C(=O)C3(C(F)(F)F)CC3)CC1)O2. The second kappa shape index (κ2) is 6.67. The predicted molar refractivity (Wildman–Crippen MR) is 99.8 cm³/mol. The molecule has 1 aromatic rings. The van der Waals surface area contributed by atoms with E-state index in [0.717, 1.165) is 0 Å². The number of aromatic carboxylic acids is 1. The van der Waals surface area contributed by atoms with E-state index in [1.807, 2.05) is 0 Å². The van der Waals surface area contributed by atoms with Gasteiger partial charge in [0.1, 0.15) is 5.41 Å². The highest BCUT2D eigenvalue weighted by Crippen LogP contribution is 2.59. The highest BCUT2D eigenvalue weighted by atomic mass is 35.5. The number of carboxylic acid groups (broad SMARTS) is 1. The largest absolute Gasteiger partial charge is 0.478 e. The van der Waals surface area contributed by atoms with E-state index in [1.165, 1.54) is 11.0 Å². The first-order chi connectivity index (χ1) is 13.9. The van der Waals surface area contributed by atoms with Gasteiger partial charge >= 0.3 is 12.1 Å². The average molecular weight is 448 g/mol. The molecule has 0 spiro atoms. The molecule has 30 heavy (non-hydrogen) atoms. The maximum atomic E-state index is 13.3. The molecule has 2 heterocycles. The first-order valence-corrected chi connectivity index (χ1v) is 10.1. The molecule has 1 saturated carbocycles. The molecule has 2 aliphatic heterocycles. The van der Waals surface area contributed by atoms with E-state index < -0.39 is 29.3 Å². The van der Waals surface area contributed by atoms with Crippen LogP contribution in [0.1, 0.15) is 48.5 Å². The minimum atomic E-state index is -4.53. The Bertz CT molecular complexity index is 922. The van der Waals surface area contributed by atoms with E-state index in [0.29, 0.717) is 18.4 Å². The highest BCUT2D eigenvalue weighted by molar-refractivity contribution is 6.32. The second-order valence-electron chi connectivity index (χ2n) is 8.36. The van der Waals surface area contributed by atoms with Gasteiger partial charge in [-0.2, -0.15) is 13.2 Å². The van der Waals surface area contributed by atoms with Crippen molar-refractivity contribution in [3.05, 3.63) is 22.2 Å². The lowest BCUT2D eigenvalue weighted by Crippen LogP contribution is -2.52. The van der Waals surface area contributed by atoms with Gasteiger partial charge in [0.2, 0.25) is 5.91 Å². The van der Waals surface area contributed by atoms with Gasteiger partial charge in [0, 0.05) is 31.5 Å². The Balaban J connectivity index is 1.48. The number of benzene rings is 1. The number of carbonyl (C=O) groups is 2. The monoisotopic (exact) mass is 447 g/mol. The molecule has 0 radical (unpaired) electrons. The number of hydrogen-bond donors (Lipinski definition) is 1. The summed E-state index contributed by atoms with van der Waals surface area (Å²) in [6, 6.07) is 1.31. The Morgan fingerprint density at radius 2 is 1.77 bits per heavy atom. The number of alkyl halides is 3. The topological polar surface area (TPSA) is 76.1 Å². The Labute approximate surface area is 175 Å². The summed E-state index contributed by atoms with van der Waals surface area (Å²) in [4.78, 5) is 25.2. The molecule has 10 heteroatoms. The number of nitrogens with zero attached hydrogens (tertiary/aromatic N) is 1. The molecular formula is C20H21ClF3NO5. The number of carboxylic acids is 1. The van der Waals surface area contributed by atoms with Crippen LogP contribution in [0.2, 0.25) is 5.02 Å². The molecule has 164 valence electrons. The Morgan fingerprint density at radius 3 is 2.27 bits per heavy atom. The second-order valence-corrected chi connectivity index (χ2v) is 8.77. The van der Waals surface area contributed by atoms with Gasteiger partial charge in [0.15, 0.2) is 11.5 Å². The van der Waals surface area contributed by atoms with E-state index in [1.54, 1.807) is 13.8 Å². The standard InChI is InChI=1S/C20H21ClF3NO5/c1-10-12(16(26)27)9-13(21)15-14(10)29-18(2,30-15)11-3-7-25(8-4-11)17(28)19(5-6-19)20(22,23)24/h9,11H,3-8H2,1-2H3,(H,26,27). The minimum Gasteiger partial charge on any atom is -0.478 e. The zero-order valence-electron chi connectivity index (χ0n) is 16.4. The van der Waals surface area contributed by atoms with Crippen LogP contribution in [0.4, 0.5) is 13.2 Å². The van der Waals surface area contributed by atoms with Crippen molar-refractivity contribution < 1.29 is 37.3 Å². The molecule has 1 aliphatic carbocycles. The van der Waals surface area contributed by atoms with Gasteiger partial charge in [0.05, 0.1) is 10.6 Å². The normalized spacial score (nSPS) is 25.3. The van der Waals surface area contributed by atoms with Crippen LogP contribution >= 0.6 is 11.6 Å². The van der Waals surface area contributed by atoms with E-state index in [4.69, 9.17) is 21.1 Å². The summed E-state index contributed by atoms with van der Waals surface area (Å²) in [6.45, 7) is 3.64. The van der Waals surface area contributed by atoms with Crippen LogP contribution < -0.4 is 9.47 Å². The number of halogens is 4. The van der Waals surface area contributed by atoms with Gasteiger partial charge in [0.25, 0.3) is 5.79 Å². The number of fused-ring (bicyclic) bond motifs is 1. The van der Waals surface area contributed by atoms with Gasteiger partial charge in [-0.3, -0.25) is 4.79 Å². The van der Waals surface area contributed by atoms with E-state index >= 15 is 0 Å². The van der Waals surface area contributed by atoms with Crippen molar-refractivity contribution in [2.45, 2.75) is 51.5 Å². The van der Waals surface area contributed by atoms with Gasteiger partial charge in [-0.05, 0) is 38.7 Å². The van der Waals surface area contributed by atoms with Crippen molar-refractivity contribution in [1.82, 2.24) is 4.90 Å². The van der Waals surface area contributed by atoms with Crippen molar-refractivity contribution in [2.75, 3.05) is 13.1 Å². The van der Waals surface area contributed by atoms with E-state index in [2.05, 4.69) is 0 Å². The van der Waals surface area contributed by atoms with Crippen molar-refractivity contribution in [2.24, 2.45) is 11.3 Å². The van der Waals surface area contributed by atoms with Crippen LogP contribution in [0.3, 0.4) is 0 Å². The average Bonchev–Trinajstić information content (AvgIpc) is 3.41. The fraction of sp³-hybridized carbons (Fsp3) is 0.600. The molecule has 3 aliphatic rings. The minimum absolute atomic E-state index is 0.00824. The number of rotatable bonds is 3. The van der Waals surface area contributed by atoms with Crippen molar-refractivity contribution in [1.29, 1.82) is 0 Å². The molecule has 2 fully saturated rings. The molecule has 0 aromatic heterocycles. The lowest BCUT2D eigenvalue weighted by Gasteiger charge is -2.40. The fourth-order valence-corrected chi connectivity index (χ4v) is 4.62. The summed E-state index contributed by atoms with van der Waals surface area (Å²) in [7, 11) is 0. The number of piperidine rings is 1. The number of hydrogen-bond acceptors (Lipinski definition) is 4. The van der Waals surface area contributed by atoms with Gasteiger partial charge in [-0.25, -0.2) is 4.79 Å². The van der Waals surface area contributed by atoms with Crippen molar-refractivity contribution in [3.63, 3.8) is 0 Å². The van der Waals surface area contributed by atoms with Crippen LogP contribution in [-0.2, 0) is 4.79 Å². The van der Waals surface area contributed by atoms with Crippen LogP contribution in [0.15, 0.2) is 6.07 Å². The van der Waals surface area contributed by atoms with E-state index in [9.17, 15) is 27.9 Å². The molecule has 1 amide bonds. The third-order valence-corrected chi connectivity index (χ3v) is 6.79. The van der Waals surface area contributed by atoms with Crippen LogP contribution in [0.5, 0.6) is 11.5 Å². The van der Waals surface area contributed by atoms with Crippen LogP contribution in [0, 0.1) is 18.3 Å². The fourth-order valence-electron chi connectivity index (χ4n) is 4.39. The summed E-state index contributed by atoms with van der Waals surface area (Å²) >= 11 is 6.19. The zero-order chi connectivity index (χ0) is 22.1. The van der Waals surface area contributed by atoms with Crippen LogP contribution in [0.25, 0.3) is 0 Å². The molecule has 1 N–H and O–H groups in total. The maximum absolute atomic E-state index is 13.3. The Morgan fingerprint density at radius 1 is 1.20 bits per heavy atom. The molecule has 1 unspecified atom stereocenters. The van der Waals surface area contributed by atoms with Gasteiger partial charge < -0.3 is 19.5 Å². The van der Waals surface area contributed by atoms with Gasteiger partial charge in [-0.1, -0.05) is 11.6 Å². The summed E-state index contributed by atoms with van der Waals surface area (Å²) in [5.74, 6) is -2.83. The predicted octanol–water partition coefficient (Wildman–Crippen LogP) is 4.42. The summed E-state index contributed by atoms with van der Waals surface area (Å²) in [5.41, 5.74) is -1.81. The number of ether oxygens (including phenoxy) is 2. The number of carbonyl (C=O) groups excluding carboxylic acids is 1. The highest BCUT2D eigenvalue weighted by Gasteiger charge is 2.69. The molecule has 4 rings (SSSR count). The molecule has 1 aromatic carbocycles. The molecule has 1 atom stereocenters. The van der Waals surface area contributed by atoms with Crippen molar-refractivity contribution in [3.8, 4) is 11.5 Å². The Hall–Kier alpha value is -2.16. The van der Waals surface area contributed by atoms with Crippen LogP contribution in [-0.4, -0.2) is 46.9 Å². The summed E-state index contributed by atoms with van der Waals surface area (Å²) < 4.78 is 51.8.